The number of para-hydroxylation sites is 1. The van der Waals surface area contributed by atoms with Gasteiger partial charge >= 0.3 is 5.97 Å². The number of aromatic carboxylic acids is 1. The Morgan fingerprint density at radius 3 is 2.44 bits per heavy atom. The van der Waals surface area contributed by atoms with Crippen molar-refractivity contribution in [1.29, 1.82) is 5.26 Å². The second-order valence-corrected chi connectivity index (χ2v) is 5.60. The van der Waals surface area contributed by atoms with Crippen molar-refractivity contribution in [2.24, 2.45) is 0 Å². The van der Waals surface area contributed by atoms with Crippen molar-refractivity contribution in [3.8, 4) is 23.3 Å². The number of aromatic nitrogens is 1. The zero-order chi connectivity index (χ0) is 18.1. The van der Waals surface area contributed by atoms with E-state index in [0.717, 1.165) is 11.1 Å². The number of rotatable bonds is 3. The summed E-state index contributed by atoms with van der Waals surface area (Å²) in [6.07, 6.45) is 0. The topological polar surface area (TPSA) is 103 Å². The average molecular weight is 334 g/mol. The standard InChI is InChI=1S/C19H14N2O4/c1-10-4-3-5-11(2)18(10)25-12-6-7-13-14(8-12)17(22)16(19(23)24)21-15(13)9-20/h3-8,22H,1-2H3,(H,23,24). The highest BCUT2D eigenvalue weighted by Gasteiger charge is 2.19. The van der Waals surface area contributed by atoms with Gasteiger partial charge in [0.05, 0.1) is 0 Å². The highest BCUT2D eigenvalue weighted by atomic mass is 16.5. The van der Waals surface area contributed by atoms with Crippen LogP contribution in [0.2, 0.25) is 0 Å². The van der Waals surface area contributed by atoms with E-state index in [2.05, 4.69) is 4.98 Å². The Morgan fingerprint density at radius 1 is 1.16 bits per heavy atom. The zero-order valence-corrected chi connectivity index (χ0v) is 13.6. The highest BCUT2D eigenvalue weighted by Crippen LogP contribution is 2.35. The predicted octanol–water partition coefficient (Wildman–Crippen LogP) is 3.92. The molecule has 0 unspecified atom stereocenters. The molecule has 124 valence electrons. The number of nitriles is 1. The van der Waals surface area contributed by atoms with Crippen molar-refractivity contribution in [3.05, 3.63) is 58.9 Å². The molecule has 0 fully saturated rings. The number of pyridine rings is 1. The Balaban J connectivity index is 2.18. The van der Waals surface area contributed by atoms with E-state index in [1.54, 1.807) is 12.1 Å². The van der Waals surface area contributed by atoms with Gasteiger partial charge < -0.3 is 14.9 Å². The third-order valence-corrected chi connectivity index (χ3v) is 3.89. The second-order valence-electron chi connectivity index (χ2n) is 5.60. The van der Waals surface area contributed by atoms with E-state index >= 15 is 0 Å². The Labute approximate surface area is 143 Å². The van der Waals surface area contributed by atoms with Crippen LogP contribution in [0.3, 0.4) is 0 Å². The van der Waals surface area contributed by atoms with Crippen LogP contribution in [-0.4, -0.2) is 21.2 Å². The number of carboxylic acids is 1. The van der Waals surface area contributed by atoms with Crippen molar-refractivity contribution < 1.29 is 19.7 Å². The number of benzene rings is 2. The van der Waals surface area contributed by atoms with E-state index in [4.69, 9.17) is 9.84 Å². The maximum Gasteiger partial charge on any atom is 0.358 e. The maximum atomic E-state index is 11.2. The highest BCUT2D eigenvalue weighted by molar-refractivity contribution is 6.00. The van der Waals surface area contributed by atoms with Crippen LogP contribution in [0, 0.1) is 25.2 Å². The molecule has 0 spiro atoms. The minimum Gasteiger partial charge on any atom is -0.505 e. The minimum atomic E-state index is -1.41. The van der Waals surface area contributed by atoms with E-state index in [9.17, 15) is 15.2 Å². The summed E-state index contributed by atoms with van der Waals surface area (Å²) >= 11 is 0. The fourth-order valence-electron chi connectivity index (χ4n) is 2.65. The number of fused-ring (bicyclic) bond motifs is 1. The van der Waals surface area contributed by atoms with Gasteiger partial charge in [0.2, 0.25) is 0 Å². The normalized spacial score (nSPS) is 10.4. The van der Waals surface area contributed by atoms with Crippen LogP contribution in [0.4, 0.5) is 0 Å². The van der Waals surface area contributed by atoms with Crippen molar-refractivity contribution in [1.82, 2.24) is 4.98 Å². The van der Waals surface area contributed by atoms with Crippen LogP contribution >= 0.6 is 0 Å². The van der Waals surface area contributed by atoms with Crippen LogP contribution in [0.15, 0.2) is 36.4 Å². The van der Waals surface area contributed by atoms with Gasteiger partial charge in [-0.25, -0.2) is 9.78 Å². The molecule has 2 aromatic carbocycles. The van der Waals surface area contributed by atoms with E-state index in [-0.39, 0.29) is 11.1 Å². The van der Waals surface area contributed by atoms with Crippen molar-refractivity contribution in [3.63, 3.8) is 0 Å². The second kappa shape index (κ2) is 6.13. The first kappa shape index (κ1) is 16.3. The van der Waals surface area contributed by atoms with E-state index in [0.29, 0.717) is 16.9 Å². The summed E-state index contributed by atoms with van der Waals surface area (Å²) in [5.41, 5.74) is 1.27. The molecule has 25 heavy (non-hydrogen) atoms. The largest absolute Gasteiger partial charge is 0.505 e. The quantitative estimate of drug-likeness (QED) is 0.752. The Hall–Kier alpha value is -3.59. The summed E-state index contributed by atoms with van der Waals surface area (Å²) in [7, 11) is 0. The number of carbonyl (C=O) groups is 1. The Bertz CT molecular complexity index is 1030. The molecule has 0 radical (unpaired) electrons. The fourth-order valence-corrected chi connectivity index (χ4v) is 2.65. The van der Waals surface area contributed by atoms with E-state index in [1.165, 1.54) is 6.07 Å². The lowest BCUT2D eigenvalue weighted by molar-refractivity contribution is 0.0687. The lowest BCUT2D eigenvalue weighted by atomic mass is 10.1. The molecule has 0 aliphatic heterocycles. The molecule has 2 N–H and O–H groups in total. The summed E-state index contributed by atoms with van der Waals surface area (Å²) in [5, 5.41) is 29.1. The van der Waals surface area contributed by atoms with Crippen LogP contribution in [-0.2, 0) is 0 Å². The summed E-state index contributed by atoms with van der Waals surface area (Å²) in [6.45, 7) is 3.84. The number of ether oxygens (including phenoxy) is 1. The number of aryl methyl sites for hydroxylation is 2. The van der Waals surface area contributed by atoms with Gasteiger partial charge in [0, 0.05) is 10.8 Å². The first-order valence-electron chi connectivity index (χ1n) is 7.46. The molecule has 0 bridgehead atoms. The number of nitrogens with zero attached hydrogens (tertiary/aromatic N) is 2. The molecular formula is C19H14N2O4. The van der Waals surface area contributed by atoms with Gasteiger partial charge in [-0.2, -0.15) is 5.26 Å². The molecule has 6 heteroatoms. The number of carboxylic acid groups (broad SMARTS) is 1. The van der Waals surface area contributed by atoms with Crippen molar-refractivity contribution in [2.45, 2.75) is 13.8 Å². The predicted molar refractivity (Wildman–Crippen MR) is 91.1 cm³/mol. The third-order valence-electron chi connectivity index (χ3n) is 3.89. The lowest BCUT2D eigenvalue weighted by Gasteiger charge is -2.13. The molecule has 0 saturated heterocycles. The van der Waals surface area contributed by atoms with Crippen LogP contribution in [0.25, 0.3) is 10.8 Å². The first-order valence-corrected chi connectivity index (χ1v) is 7.46. The van der Waals surface area contributed by atoms with Gasteiger partial charge in [0.1, 0.15) is 23.3 Å². The van der Waals surface area contributed by atoms with E-state index in [1.807, 2.05) is 38.1 Å². The molecular weight excluding hydrogens is 320 g/mol. The monoisotopic (exact) mass is 334 g/mol. The molecule has 3 aromatic rings. The fraction of sp³-hybridized carbons (Fsp3) is 0.105. The summed E-state index contributed by atoms with van der Waals surface area (Å²) in [4.78, 5) is 14.9. The molecule has 3 rings (SSSR count). The van der Waals surface area contributed by atoms with Crippen LogP contribution in [0.1, 0.15) is 27.3 Å². The lowest BCUT2D eigenvalue weighted by Crippen LogP contribution is -2.03. The van der Waals surface area contributed by atoms with Gasteiger partial charge in [0.25, 0.3) is 0 Å². The van der Waals surface area contributed by atoms with Crippen LogP contribution in [0.5, 0.6) is 17.2 Å². The molecule has 0 amide bonds. The summed E-state index contributed by atoms with van der Waals surface area (Å²) in [6, 6.07) is 12.3. The molecule has 0 saturated carbocycles. The zero-order valence-electron chi connectivity index (χ0n) is 13.6. The summed E-state index contributed by atoms with van der Waals surface area (Å²) < 4.78 is 5.92. The summed E-state index contributed by atoms with van der Waals surface area (Å²) in [5.74, 6) is -0.786. The molecule has 0 atom stereocenters. The van der Waals surface area contributed by atoms with E-state index < -0.39 is 17.4 Å². The number of aromatic hydroxyl groups is 1. The van der Waals surface area contributed by atoms with Gasteiger partial charge in [-0.15, -0.1) is 0 Å². The van der Waals surface area contributed by atoms with Gasteiger partial charge in [-0.05, 0) is 43.2 Å². The molecule has 0 aliphatic carbocycles. The smallest absolute Gasteiger partial charge is 0.358 e. The number of hydrogen-bond donors (Lipinski definition) is 2. The van der Waals surface area contributed by atoms with Crippen molar-refractivity contribution in [2.75, 3.05) is 0 Å². The van der Waals surface area contributed by atoms with Crippen LogP contribution < -0.4 is 4.74 Å². The number of hydrogen-bond acceptors (Lipinski definition) is 5. The van der Waals surface area contributed by atoms with Gasteiger partial charge in [-0.3, -0.25) is 0 Å². The molecule has 1 aromatic heterocycles. The third kappa shape index (κ3) is 2.83. The minimum absolute atomic E-state index is 0.0659. The Kier molecular flexibility index (Phi) is 3.99. The average Bonchev–Trinajstić information content (AvgIpc) is 2.58. The molecule has 6 nitrogen and oxygen atoms in total. The maximum absolute atomic E-state index is 11.2. The molecule has 0 aliphatic rings. The Morgan fingerprint density at radius 2 is 1.84 bits per heavy atom. The van der Waals surface area contributed by atoms with Crippen molar-refractivity contribution >= 4 is 16.7 Å². The SMILES string of the molecule is Cc1cccc(C)c1Oc1ccc2c(C#N)nc(C(=O)O)c(O)c2c1. The first-order chi connectivity index (χ1) is 11.9. The van der Waals surface area contributed by atoms with Gasteiger partial charge in [-0.1, -0.05) is 18.2 Å². The van der Waals surface area contributed by atoms with Gasteiger partial charge in [0.15, 0.2) is 11.4 Å². The molecule has 1 heterocycles.